The number of rotatable bonds is 7. The van der Waals surface area contributed by atoms with Gasteiger partial charge in [0.05, 0.1) is 6.61 Å². The summed E-state index contributed by atoms with van der Waals surface area (Å²) in [6, 6.07) is 4.07. The molecule has 1 saturated heterocycles. The summed E-state index contributed by atoms with van der Waals surface area (Å²) in [6.45, 7) is 8.24. The summed E-state index contributed by atoms with van der Waals surface area (Å²) in [5, 5.41) is 12.2. The maximum Gasteiger partial charge on any atom is 0.421 e. The number of likely N-dealkylation sites (tertiary alicyclic amines) is 1. The lowest BCUT2D eigenvalue weighted by atomic mass is 9.85. The number of alkyl halides is 3. The zero-order chi connectivity index (χ0) is 25.8. The molecule has 8 nitrogen and oxygen atoms in total. The zero-order valence-corrected chi connectivity index (χ0v) is 20.2. The highest BCUT2D eigenvalue weighted by Crippen LogP contribution is 2.37. The molecule has 3 rings (SSSR count). The van der Waals surface area contributed by atoms with Gasteiger partial charge in [-0.25, -0.2) is 9.98 Å². The van der Waals surface area contributed by atoms with Crippen LogP contribution in [0.5, 0.6) is 0 Å². The average Bonchev–Trinajstić information content (AvgIpc) is 2.75. The number of aryl methyl sites for hydroxylation is 2. The van der Waals surface area contributed by atoms with Crippen LogP contribution >= 0.6 is 0 Å². The van der Waals surface area contributed by atoms with Gasteiger partial charge in [-0.3, -0.25) is 0 Å². The van der Waals surface area contributed by atoms with E-state index in [1.54, 1.807) is 6.92 Å². The Morgan fingerprint density at radius 3 is 2.51 bits per heavy atom. The molecule has 1 aromatic heterocycles. The Hall–Kier alpha value is -3.18. The van der Waals surface area contributed by atoms with E-state index >= 15 is 0 Å². The van der Waals surface area contributed by atoms with E-state index in [-0.39, 0.29) is 18.4 Å². The number of amidine groups is 1. The number of aromatic nitrogens is 2. The molecule has 0 saturated carbocycles. The van der Waals surface area contributed by atoms with Crippen LogP contribution in [0.15, 0.2) is 35.1 Å². The van der Waals surface area contributed by atoms with Gasteiger partial charge in [0, 0.05) is 24.1 Å². The van der Waals surface area contributed by atoms with Crippen molar-refractivity contribution in [2.75, 3.05) is 31.6 Å². The Bertz CT molecular complexity index is 1100. The maximum absolute atomic E-state index is 13.5. The number of β-amino-alcohol motifs (C(OH)–C–C–N with tert-alkyl or cyclic N) is 1. The van der Waals surface area contributed by atoms with Gasteiger partial charge < -0.3 is 26.8 Å². The van der Waals surface area contributed by atoms with Gasteiger partial charge in [-0.05, 0) is 81.5 Å². The lowest BCUT2D eigenvalue weighted by molar-refractivity contribution is -0.137. The predicted molar refractivity (Wildman–Crippen MR) is 131 cm³/mol. The Kier molecular flexibility index (Phi) is 8.34. The van der Waals surface area contributed by atoms with E-state index in [1.807, 2.05) is 19.9 Å². The molecule has 0 amide bonds. The number of nitrogens with zero attached hydrogens (tertiary/aromatic N) is 4. The quantitative estimate of drug-likeness (QED) is 0.342. The molecule has 2 aromatic rings. The number of aliphatic hydroxyl groups excluding tert-OH is 1. The third-order valence-electron chi connectivity index (χ3n) is 5.99. The van der Waals surface area contributed by atoms with Gasteiger partial charge in [0.15, 0.2) is 5.82 Å². The number of nitrogens with one attached hydrogen (secondary N) is 1. The number of benzene rings is 1. The first-order valence-electron chi connectivity index (χ1n) is 11.4. The predicted octanol–water partition coefficient (Wildman–Crippen LogP) is 3.88. The monoisotopic (exact) mass is 491 g/mol. The van der Waals surface area contributed by atoms with Crippen molar-refractivity contribution in [3.63, 3.8) is 0 Å². The van der Waals surface area contributed by atoms with Crippen LogP contribution in [0.1, 0.15) is 47.9 Å². The molecule has 11 heteroatoms. The van der Waals surface area contributed by atoms with E-state index in [0.717, 1.165) is 37.1 Å². The number of nitrogens with two attached hydrogens (primary N) is 2. The molecule has 35 heavy (non-hydrogen) atoms. The largest absolute Gasteiger partial charge is 0.421 e. The smallest absolute Gasteiger partial charge is 0.402 e. The van der Waals surface area contributed by atoms with E-state index < -0.39 is 17.6 Å². The molecule has 0 aliphatic carbocycles. The van der Waals surface area contributed by atoms with Gasteiger partial charge in [0.25, 0.3) is 0 Å². The molecule has 0 bridgehead atoms. The Balaban J connectivity index is 1.86. The van der Waals surface area contributed by atoms with Gasteiger partial charge in [0.1, 0.15) is 11.4 Å². The summed E-state index contributed by atoms with van der Waals surface area (Å²) in [4.78, 5) is 13.9. The molecule has 0 unspecified atom stereocenters. The highest BCUT2D eigenvalue weighted by molar-refractivity contribution is 5.93. The number of aliphatic hydroxyl groups is 1. The second-order valence-electron chi connectivity index (χ2n) is 8.84. The third-order valence-corrected chi connectivity index (χ3v) is 5.99. The fraction of sp³-hybridized carbons (Fsp3) is 0.458. The number of aliphatic imine (C=N–C) groups is 1. The van der Waals surface area contributed by atoms with Crippen molar-refractivity contribution in [3.8, 4) is 0 Å². The number of allylic oxidation sites excluding steroid dienone is 1. The molecular formula is C24H32F3N7O. The Labute approximate surface area is 203 Å². The summed E-state index contributed by atoms with van der Waals surface area (Å²) in [5.74, 6) is -0.388. The molecule has 1 fully saturated rings. The molecule has 0 atom stereocenters. The van der Waals surface area contributed by atoms with Gasteiger partial charge in [-0.1, -0.05) is 6.07 Å². The normalized spacial score (nSPS) is 16.5. The van der Waals surface area contributed by atoms with Crippen LogP contribution in [0, 0.1) is 13.8 Å². The minimum Gasteiger partial charge on any atom is -0.402 e. The van der Waals surface area contributed by atoms with Crippen LogP contribution < -0.4 is 16.8 Å². The number of piperidine rings is 1. The second-order valence-corrected chi connectivity index (χ2v) is 8.84. The fourth-order valence-electron chi connectivity index (χ4n) is 4.25. The highest BCUT2D eigenvalue weighted by atomic mass is 19.4. The van der Waals surface area contributed by atoms with Gasteiger partial charge >= 0.3 is 6.18 Å². The van der Waals surface area contributed by atoms with Crippen LogP contribution in [0.25, 0.3) is 0 Å². The summed E-state index contributed by atoms with van der Waals surface area (Å²) in [5.41, 5.74) is 14.4. The van der Waals surface area contributed by atoms with Crippen LogP contribution in [0.3, 0.4) is 0 Å². The van der Waals surface area contributed by atoms with Gasteiger partial charge in [-0.15, -0.1) is 0 Å². The van der Waals surface area contributed by atoms with Gasteiger partial charge in [-0.2, -0.15) is 18.2 Å². The summed E-state index contributed by atoms with van der Waals surface area (Å²) >= 11 is 0. The minimum absolute atomic E-state index is 0.0226. The van der Waals surface area contributed by atoms with E-state index in [2.05, 4.69) is 31.2 Å². The standard InChI is InChI=1S/C24H32F3N7O/c1-14-11-20(15(2)10-18(14)17-4-6-34(7-5-17)8-9-35)31-23-30-13-19(24(25,26)27)22(33-23)32-21(29)12-16(3)28/h10-13,17,35H,4-9,28H2,1-3H3,(H3,29,30,31,32,33)/b16-12-. The van der Waals surface area contributed by atoms with Crippen molar-refractivity contribution in [1.82, 2.24) is 14.9 Å². The molecule has 2 heterocycles. The Morgan fingerprint density at radius 2 is 1.91 bits per heavy atom. The number of hydrogen-bond donors (Lipinski definition) is 4. The zero-order valence-electron chi connectivity index (χ0n) is 20.2. The summed E-state index contributed by atoms with van der Waals surface area (Å²) in [7, 11) is 0. The van der Waals surface area contributed by atoms with Crippen molar-refractivity contribution in [1.29, 1.82) is 0 Å². The van der Waals surface area contributed by atoms with E-state index in [0.29, 0.717) is 30.0 Å². The number of halogens is 3. The van der Waals surface area contributed by atoms with Crippen LogP contribution in [-0.4, -0.2) is 52.1 Å². The molecular weight excluding hydrogens is 459 g/mol. The van der Waals surface area contributed by atoms with Crippen molar-refractivity contribution in [2.45, 2.75) is 45.7 Å². The first-order chi connectivity index (χ1) is 16.5. The molecule has 0 radical (unpaired) electrons. The summed E-state index contributed by atoms with van der Waals surface area (Å²) in [6.07, 6.45) is -0.726. The average molecular weight is 492 g/mol. The first kappa shape index (κ1) is 26.4. The molecule has 190 valence electrons. The molecule has 1 aromatic carbocycles. The number of anilines is 2. The molecule has 0 spiro atoms. The van der Waals surface area contributed by atoms with Crippen LogP contribution in [0.4, 0.5) is 30.6 Å². The summed E-state index contributed by atoms with van der Waals surface area (Å²) < 4.78 is 40.4. The second kappa shape index (κ2) is 11.0. The van der Waals surface area contributed by atoms with Crippen molar-refractivity contribution in [2.24, 2.45) is 16.5 Å². The molecule has 1 aliphatic heterocycles. The van der Waals surface area contributed by atoms with Crippen molar-refractivity contribution < 1.29 is 18.3 Å². The van der Waals surface area contributed by atoms with E-state index in [4.69, 9.17) is 16.6 Å². The van der Waals surface area contributed by atoms with E-state index in [1.165, 1.54) is 11.6 Å². The van der Waals surface area contributed by atoms with E-state index in [9.17, 15) is 13.2 Å². The molecule has 1 aliphatic rings. The Morgan fingerprint density at radius 1 is 1.23 bits per heavy atom. The number of hydrogen-bond acceptors (Lipinski definition) is 7. The maximum atomic E-state index is 13.5. The van der Waals surface area contributed by atoms with Crippen LogP contribution in [0.2, 0.25) is 0 Å². The van der Waals surface area contributed by atoms with Crippen molar-refractivity contribution in [3.05, 3.63) is 52.4 Å². The third kappa shape index (κ3) is 6.92. The lowest BCUT2D eigenvalue weighted by Gasteiger charge is -2.32. The fourth-order valence-corrected chi connectivity index (χ4v) is 4.25. The SMILES string of the molecule is C/C(N)=C/C(N)=Nc1nc(Nc2cc(C)c(C3CCN(CCO)CC3)cc2C)ncc1C(F)(F)F. The minimum atomic E-state index is -4.69. The first-order valence-corrected chi connectivity index (χ1v) is 11.4. The van der Waals surface area contributed by atoms with Gasteiger partial charge in [0.2, 0.25) is 5.95 Å². The molecule has 6 N–H and O–H groups in total. The topological polar surface area (TPSA) is 126 Å². The van der Waals surface area contributed by atoms with Crippen molar-refractivity contribution >= 4 is 23.3 Å². The lowest BCUT2D eigenvalue weighted by Crippen LogP contribution is -2.35. The van der Waals surface area contributed by atoms with Crippen LogP contribution in [-0.2, 0) is 6.18 Å². The highest BCUT2D eigenvalue weighted by Gasteiger charge is 2.35.